The average Bonchev–Trinajstić information content (AvgIpc) is 3.28. The van der Waals surface area contributed by atoms with Gasteiger partial charge in [-0.1, -0.05) is 5.16 Å². The molecule has 3 heterocycles. The van der Waals surface area contributed by atoms with Crippen LogP contribution in [-0.4, -0.2) is 35.7 Å². The highest BCUT2D eigenvalue weighted by Crippen LogP contribution is 2.31. The minimum absolute atomic E-state index is 0.137. The van der Waals surface area contributed by atoms with Gasteiger partial charge in [-0.05, 0) is 12.8 Å². The summed E-state index contributed by atoms with van der Waals surface area (Å²) in [5.74, 6) is -3.58. The smallest absolute Gasteiger partial charge is 0.322 e. The SMILES string of the molecule is O=C(Nc1cc(F)c(F)c(F)c1)N1CCc2noc(N3CCCC3)c2C1. The number of urea groups is 1. The van der Waals surface area contributed by atoms with E-state index in [1.807, 2.05) is 0 Å². The molecule has 1 saturated heterocycles. The molecule has 138 valence electrons. The van der Waals surface area contributed by atoms with Crippen molar-refractivity contribution < 1.29 is 22.5 Å². The van der Waals surface area contributed by atoms with Crippen molar-refractivity contribution in [2.24, 2.45) is 0 Å². The summed E-state index contributed by atoms with van der Waals surface area (Å²) in [6, 6.07) is 0.983. The maximum atomic E-state index is 13.3. The van der Waals surface area contributed by atoms with Crippen LogP contribution in [0, 0.1) is 17.5 Å². The first-order valence-electron chi connectivity index (χ1n) is 8.46. The van der Waals surface area contributed by atoms with E-state index in [0.29, 0.717) is 25.4 Å². The maximum Gasteiger partial charge on any atom is 0.322 e. The van der Waals surface area contributed by atoms with E-state index in [2.05, 4.69) is 15.4 Å². The van der Waals surface area contributed by atoms with Crippen LogP contribution < -0.4 is 10.2 Å². The van der Waals surface area contributed by atoms with Gasteiger partial charge < -0.3 is 19.6 Å². The van der Waals surface area contributed by atoms with Gasteiger partial charge in [-0.15, -0.1) is 0 Å². The zero-order chi connectivity index (χ0) is 18.3. The fourth-order valence-corrected chi connectivity index (χ4v) is 3.37. The molecule has 1 aromatic heterocycles. The first-order valence-corrected chi connectivity index (χ1v) is 8.46. The largest absolute Gasteiger partial charge is 0.340 e. The van der Waals surface area contributed by atoms with Gasteiger partial charge in [0.2, 0.25) is 5.88 Å². The monoisotopic (exact) mass is 366 g/mol. The van der Waals surface area contributed by atoms with Crippen molar-refractivity contribution in [1.29, 1.82) is 0 Å². The first-order chi connectivity index (χ1) is 12.5. The third-order valence-corrected chi connectivity index (χ3v) is 4.73. The standard InChI is InChI=1S/C17H17F3N4O2/c18-12-7-10(8-13(19)15(12)20)21-17(25)24-6-3-14-11(9-24)16(26-22-14)23-4-1-2-5-23/h7-8H,1-6,9H2,(H,21,25). The van der Waals surface area contributed by atoms with Crippen LogP contribution in [0.2, 0.25) is 0 Å². The van der Waals surface area contributed by atoms with Crippen LogP contribution in [0.25, 0.3) is 0 Å². The van der Waals surface area contributed by atoms with Gasteiger partial charge >= 0.3 is 6.03 Å². The molecule has 1 aromatic carbocycles. The van der Waals surface area contributed by atoms with E-state index in [1.54, 1.807) is 0 Å². The molecule has 4 rings (SSSR count). The Labute approximate surface area is 147 Å². The molecule has 2 aliphatic heterocycles. The van der Waals surface area contributed by atoms with Crippen molar-refractivity contribution in [2.45, 2.75) is 25.8 Å². The number of hydrogen-bond donors (Lipinski definition) is 1. The quantitative estimate of drug-likeness (QED) is 0.829. The van der Waals surface area contributed by atoms with Gasteiger partial charge in [0.1, 0.15) is 0 Å². The maximum absolute atomic E-state index is 13.3. The number of nitrogens with zero attached hydrogens (tertiary/aromatic N) is 3. The van der Waals surface area contributed by atoms with Gasteiger partial charge in [0.25, 0.3) is 0 Å². The predicted molar refractivity (Wildman–Crippen MR) is 87.4 cm³/mol. The Kier molecular flexibility index (Phi) is 4.21. The third kappa shape index (κ3) is 2.97. The highest BCUT2D eigenvalue weighted by atomic mass is 19.2. The summed E-state index contributed by atoms with van der Waals surface area (Å²) in [6.07, 6.45) is 2.70. The van der Waals surface area contributed by atoms with Gasteiger partial charge in [-0.2, -0.15) is 0 Å². The highest BCUT2D eigenvalue weighted by molar-refractivity contribution is 5.89. The minimum Gasteiger partial charge on any atom is -0.340 e. The number of nitrogens with one attached hydrogen (secondary N) is 1. The lowest BCUT2D eigenvalue weighted by Crippen LogP contribution is -2.39. The van der Waals surface area contributed by atoms with Crippen LogP contribution in [0.3, 0.4) is 0 Å². The Balaban J connectivity index is 1.50. The van der Waals surface area contributed by atoms with Crippen molar-refractivity contribution >= 4 is 17.6 Å². The molecule has 0 saturated carbocycles. The predicted octanol–water partition coefficient (Wildman–Crippen LogP) is 3.28. The number of fused-ring (bicyclic) bond motifs is 1. The van der Waals surface area contributed by atoms with E-state index < -0.39 is 23.5 Å². The van der Waals surface area contributed by atoms with Crippen LogP contribution in [0.1, 0.15) is 24.1 Å². The van der Waals surface area contributed by atoms with Gasteiger partial charge in [-0.3, -0.25) is 0 Å². The fraction of sp³-hybridized carbons (Fsp3) is 0.412. The molecule has 0 bridgehead atoms. The minimum atomic E-state index is -1.56. The normalized spacial score (nSPS) is 16.7. The molecule has 0 radical (unpaired) electrons. The van der Waals surface area contributed by atoms with Crippen LogP contribution in [0.15, 0.2) is 16.7 Å². The molecule has 9 heteroatoms. The fourth-order valence-electron chi connectivity index (χ4n) is 3.37. The Morgan fingerprint density at radius 1 is 1.12 bits per heavy atom. The number of carbonyl (C=O) groups excluding carboxylic acids is 1. The summed E-state index contributed by atoms with van der Waals surface area (Å²) in [5, 5.41) is 6.50. The second kappa shape index (κ2) is 6.54. The van der Waals surface area contributed by atoms with E-state index in [0.717, 1.165) is 49.3 Å². The summed E-state index contributed by atoms with van der Waals surface area (Å²) in [6.45, 7) is 2.48. The van der Waals surface area contributed by atoms with Crippen LogP contribution in [0.4, 0.5) is 29.5 Å². The average molecular weight is 366 g/mol. The molecule has 0 unspecified atom stereocenters. The molecule has 0 spiro atoms. The molecule has 0 aliphatic carbocycles. The Morgan fingerprint density at radius 2 is 1.81 bits per heavy atom. The second-order valence-corrected chi connectivity index (χ2v) is 6.46. The number of rotatable bonds is 2. The van der Waals surface area contributed by atoms with E-state index in [-0.39, 0.29) is 5.69 Å². The summed E-state index contributed by atoms with van der Waals surface area (Å²) >= 11 is 0. The molecule has 2 aromatic rings. The molecular weight excluding hydrogens is 349 g/mol. The van der Waals surface area contributed by atoms with E-state index >= 15 is 0 Å². The number of benzene rings is 1. The topological polar surface area (TPSA) is 61.6 Å². The summed E-state index contributed by atoms with van der Waals surface area (Å²) < 4.78 is 45.1. The number of amides is 2. The van der Waals surface area contributed by atoms with Gasteiger partial charge in [-0.25, -0.2) is 18.0 Å². The van der Waals surface area contributed by atoms with Crippen molar-refractivity contribution in [3.63, 3.8) is 0 Å². The van der Waals surface area contributed by atoms with Crippen molar-refractivity contribution in [1.82, 2.24) is 10.1 Å². The van der Waals surface area contributed by atoms with E-state index in [4.69, 9.17) is 4.52 Å². The highest BCUT2D eigenvalue weighted by Gasteiger charge is 2.30. The first kappa shape index (κ1) is 16.7. The Morgan fingerprint density at radius 3 is 2.50 bits per heavy atom. The van der Waals surface area contributed by atoms with Gasteiger partial charge in [0, 0.05) is 43.9 Å². The molecule has 1 N–H and O–H groups in total. The molecule has 6 nitrogen and oxygen atoms in total. The molecule has 2 aliphatic rings. The zero-order valence-electron chi connectivity index (χ0n) is 13.9. The van der Waals surface area contributed by atoms with E-state index in [9.17, 15) is 18.0 Å². The Bertz CT molecular complexity index is 826. The number of halogens is 3. The van der Waals surface area contributed by atoms with Crippen LogP contribution >= 0.6 is 0 Å². The third-order valence-electron chi connectivity index (χ3n) is 4.73. The van der Waals surface area contributed by atoms with Crippen LogP contribution in [-0.2, 0) is 13.0 Å². The number of anilines is 2. The number of aromatic nitrogens is 1. The lowest BCUT2D eigenvalue weighted by Gasteiger charge is -2.27. The number of carbonyl (C=O) groups is 1. The van der Waals surface area contributed by atoms with Crippen molar-refractivity contribution in [2.75, 3.05) is 29.9 Å². The molecule has 26 heavy (non-hydrogen) atoms. The molecular formula is C17H17F3N4O2. The lowest BCUT2D eigenvalue weighted by molar-refractivity contribution is 0.206. The number of hydrogen-bond acceptors (Lipinski definition) is 4. The summed E-state index contributed by atoms with van der Waals surface area (Å²) in [7, 11) is 0. The zero-order valence-corrected chi connectivity index (χ0v) is 13.9. The lowest BCUT2D eigenvalue weighted by atomic mass is 10.1. The van der Waals surface area contributed by atoms with Gasteiger partial charge in [0.15, 0.2) is 17.5 Å². The van der Waals surface area contributed by atoms with Crippen LogP contribution in [0.5, 0.6) is 0 Å². The summed E-state index contributed by atoms with van der Waals surface area (Å²) in [4.78, 5) is 16.1. The van der Waals surface area contributed by atoms with E-state index in [1.165, 1.54) is 4.90 Å². The Hall–Kier alpha value is -2.71. The molecule has 2 amide bonds. The molecule has 0 atom stereocenters. The second-order valence-electron chi connectivity index (χ2n) is 6.46. The summed E-state index contributed by atoms with van der Waals surface area (Å²) in [5.41, 5.74) is 1.56. The van der Waals surface area contributed by atoms with Gasteiger partial charge in [0.05, 0.1) is 17.8 Å². The molecule has 1 fully saturated rings. The van der Waals surface area contributed by atoms with Crippen molar-refractivity contribution in [3.8, 4) is 0 Å². The van der Waals surface area contributed by atoms with Crippen molar-refractivity contribution in [3.05, 3.63) is 40.8 Å².